The van der Waals surface area contributed by atoms with E-state index in [1.807, 2.05) is 0 Å². The lowest BCUT2D eigenvalue weighted by atomic mass is 10.0. The van der Waals surface area contributed by atoms with Crippen LogP contribution in [0.4, 0.5) is 13.2 Å². The Bertz CT molecular complexity index is 655. The van der Waals surface area contributed by atoms with Crippen LogP contribution in [-0.4, -0.2) is 42.4 Å². The largest absolute Gasteiger partial charge is 0.416 e. The van der Waals surface area contributed by atoms with E-state index >= 15 is 0 Å². The number of benzene rings is 1. The highest BCUT2D eigenvalue weighted by Gasteiger charge is 2.30. The summed E-state index contributed by atoms with van der Waals surface area (Å²) in [6, 6.07) is 4.92. The zero-order chi connectivity index (χ0) is 19.3. The fraction of sp³-hybridized carbons (Fsp3) is 0.556. The van der Waals surface area contributed by atoms with Gasteiger partial charge in [0.1, 0.15) is 0 Å². The zero-order valence-electron chi connectivity index (χ0n) is 15.1. The Balaban J connectivity index is 0.00000364. The number of rotatable bonds is 4. The second-order valence-corrected chi connectivity index (χ2v) is 6.70. The van der Waals surface area contributed by atoms with E-state index in [0.29, 0.717) is 37.9 Å². The lowest BCUT2D eigenvalue weighted by Gasteiger charge is -2.23. The number of hydrogen-bond acceptors (Lipinski definition) is 3. The first-order chi connectivity index (χ1) is 12.2. The molecule has 1 aliphatic rings. The standard InChI is InChI=1S/C18H24F3N3O2.ClH/c1-12(25)24-10-14(5-6-16(22)11-24)17(26)23-8-7-13-3-2-4-15(9-13)18(19,20)21;/h2-4,9,14,16H,5-8,10-11,22H2,1H3,(H,23,26);1H/t14-,16+;/m1./s1. The van der Waals surface area contributed by atoms with Gasteiger partial charge in [-0.05, 0) is 30.9 Å². The normalized spacial score (nSPS) is 20.4. The van der Waals surface area contributed by atoms with Gasteiger partial charge in [0.25, 0.3) is 0 Å². The van der Waals surface area contributed by atoms with Crippen LogP contribution in [0.15, 0.2) is 24.3 Å². The van der Waals surface area contributed by atoms with Crippen molar-refractivity contribution < 1.29 is 22.8 Å². The molecule has 1 aliphatic heterocycles. The molecule has 0 aromatic heterocycles. The van der Waals surface area contributed by atoms with Gasteiger partial charge in [-0.25, -0.2) is 0 Å². The molecule has 2 atom stereocenters. The molecule has 1 heterocycles. The van der Waals surface area contributed by atoms with E-state index < -0.39 is 11.7 Å². The van der Waals surface area contributed by atoms with Crippen molar-refractivity contribution in [3.63, 3.8) is 0 Å². The van der Waals surface area contributed by atoms with Gasteiger partial charge in [0.2, 0.25) is 11.8 Å². The summed E-state index contributed by atoms with van der Waals surface area (Å²) < 4.78 is 38.2. The van der Waals surface area contributed by atoms with Gasteiger partial charge < -0.3 is 16.0 Å². The molecule has 1 aromatic carbocycles. The third-order valence-electron chi connectivity index (χ3n) is 4.56. The average Bonchev–Trinajstić information content (AvgIpc) is 2.76. The molecule has 0 radical (unpaired) electrons. The maximum absolute atomic E-state index is 12.7. The van der Waals surface area contributed by atoms with Crippen LogP contribution >= 0.6 is 12.4 Å². The van der Waals surface area contributed by atoms with Crippen molar-refractivity contribution in [2.24, 2.45) is 11.7 Å². The van der Waals surface area contributed by atoms with Gasteiger partial charge in [-0.1, -0.05) is 18.2 Å². The van der Waals surface area contributed by atoms with Crippen molar-refractivity contribution in [1.29, 1.82) is 0 Å². The van der Waals surface area contributed by atoms with Gasteiger partial charge >= 0.3 is 6.18 Å². The predicted octanol–water partition coefficient (Wildman–Crippen LogP) is 2.37. The van der Waals surface area contributed by atoms with Crippen molar-refractivity contribution in [3.8, 4) is 0 Å². The molecule has 0 bridgehead atoms. The van der Waals surface area contributed by atoms with Crippen molar-refractivity contribution in [3.05, 3.63) is 35.4 Å². The number of amides is 2. The summed E-state index contributed by atoms with van der Waals surface area (Å²) in [5, 5.41) is 2.76. The molecule has 1 fully saturated rings. The Morgan fingerprint density at radius 3 is 2.59 bits per heavy atom. The fourth-order valence-electron chi connectivity index (χ4n) is 3.07. The molecule has 27 heavy (non-hydrogen) atoms. The van der Waals surface area contributed by atoms with Crippen LogP contribution in [0, 0.1) is 5.92 Å². The van der Waals surface area contributed by atoms with Gasteiger partial charge in [-0.2, -0.15) is 13.2 Å². The highest BCUT2D eigenvalue weighted by Crippen LogP contribution is 2.29. The summed E-state index contributed by atoms with van der Waals surface area (Å²) in [5.41, 5.74) is 5.74. The fourth-order valence-corrected chi connectivity index (χ4v) is 3.07. The Morgan fingerprint density at radius 2 is 1.96 bits per heavy atom. The summed E-state index contributed by atoms with van der Waals surface area (Å²) in [5.74, 6) is -0.671. The number of nitrogens with zero attached hydrogens (tertiary/aromatic N) is 1. The first-order valence-electron chi connectivity index (χ1n) is 8.61. The van der Waals surface area contributed by atoms with Crippen LogP contribution in [0.3, 0.4) is 0 Å². The molecular weight excluding hydrogens is 383 g/mol. The summed E-state index contributed by atoms with van der Waals surface area (Å²) in [6.45, 7) is 2.44. The number of carbonyl (C=O) groups is 2. The van der Waals surface area contributed by atoms with Gasteiger partial charge in [0.15, 0.2) is 0 Å². The van der Waals surface area contributed by atoms with E-state index in [2.05, 4.69) is 5.32 Å². The summed E-state index contributed by atoms with van der Waals surface area (Å²) in [7, 11) is 0. The van der Waals surface area contributed by atoms with Crippen LogP contribution < -0.4 is 11.1 Å². The quantitative estimate of drug-likeness (QED) is 0.804. The number of nitrogens with one attached hydrogen (secondary N) is 1. The third-order valence-corrected chi connectivity index (χ3v) is 4.56. The lowest BCUT2D eigenvalue weighted by Crippen LogP contribution is -2.42. The second kappa shape index (κ2) is 9.94. The number of halogens is 4. The van der Waals surface area contributed by atoms with Crippen molar-refractivity contribution in [2.45, 2.75) is 38.4 Å². The number of hydrogen-bond donors (Lipinski definition) is 2. The smallest absolute Gasteiger partial charge is 0.355 e. The summed E-state index contributed by atoms with van der Waals surface area (Å²) in [6.07, 6.45) is -2.84. The first kappa shape index (κ1) is 23.2. The third kappa shape index (κ3) is 7.03. The van der Waals surface area contributed by atoms with E-state index in [4.69, 9.17) is 5.73 Å². The topological polar surface area (TPSA) is 75.4 Å². The van der Waals surface area contributed by atoms with Crippen LogP contribution in [-0.2, 0) is 22.2 Å². The van der Waals surface area contributed by atoms with E-state index in [1.165, 1.54) is 13.0 Å². The summed E-state index contributed by atoms with van der Waals surface area (Å²) in [4.78, 5) is 25.6. The zero-order valence-corrected chi connectivity index (χ0v) is 15.9. The molecule has 3 N–H and O–H groups in total. The number of carbonyl (C=O) groups excluding carboxylic acids is 2. The Labute approximate surface area is 162 Å². The van der Waals surface area contributed by atoms with Crippen LogP contribution in [0.1, 0.15) is 30.9 Å². The maximum atomic E-state index is 12.7. The van der Waals surface area contributed by atoms with E-state index in [-0.39, 0.29) is 42.7 Å². The Kier molecular flexibility index (Phi) is 8.56. The second-order valence-electron chi connectivity index (χ2n) is 6.70. The van der Waals surface area contributed by atoms with E-state index in [1.54, 1.807) is 11.0 Å². The van der Waals surface area contributed by atoms with Gasteiger partial charge in [-0.3, -0.25) is 9.59 Å². The number of nitrogens with two attached hydrogens (primary N) is 1. The average molecular weight is 408 g/mol. The highest BCUT2D eigenvalue weighted by molar-refractivity contribution is 5.85. The predicted molar refractivity (Wildman–Crippen MR) is 98.4 cm³/mol. The molecular formula is C18H25ClF3N3O2. The van der Waals surface area contributed by atoms with Crippen LogP contribution in [0.2, 0.25) is 0 Å². The molecule has 0 aliphatic carbocycles. The minimum atomic E-state index is -4.38. The van der Waals surface area contributed by atoms with Crippen LogP contribution in [0.5, 0.6) is 0 Å². The number of likely N-dealkylation sites (tertiary alicyclic amines) is 1. The van der Waals surface area contributed by atoms with Crippen LogP contribution in [0.25, 0.3) is 0 Å². The SMILES string of the molecule is CC(=O)N1C[C@@H](N)CC[C@@H](C(=O)NCCc2cccc(C(F)(F)F)c2)C1.Cl. The molecule has 152 valence electrons. The van der Waals surface area contributed by atoms with E-state index in [0.717, 1.165) is 12.1 Å². The lowest BCUT2D eigenvalue weighted by molar-refractivity contribution is -0.137. The van der Waals surface area contributed by atoms with Gasteiger partial charge in [-0.15, -0.1) is 12.4 Å². The molecule has 0 spiro atoms. The summed E-state index contributed by atoms with van der Waals surface area (Å²) >= 11 is 0. The molecule has 5 nitrogen and oxygen atoms in total. The molecule has 0 saturated carbocycles. The Morgan fingerprint density at radius 1 is 1.26 bits per heavy atom. The Hall–Kier alpha value is -1.80. The minimum Gasteiger partial charge on any atom is -0.355 e. The molecule has 1 aromatic rings. The van der Waals surface area contributed by atoms with Gasteiger partial charge in [0.05, 0.1) is 11.5 Å². The number of alkyl halides is 3. The van der Waals surface area contributed by atoms with Crippen molar-refractivity contribution >= 4 is 24.2 Å². The monoisotopic (exact) mass is 407 g/mol. The van der Waals surface area contributed by atoms with Crippen molar-refractivity contribution in [1.82, 2.24) is 10.2 Å². The molecule has 2 amide bonds. The molecule has 1 saturated heterocycles. The molecule has 2 rings (SSSR count). The van der Waals surface area contributed by atoms with Gasteiger partial charge in [0, 0.05) is 32.6 Å². The highest BCUT2D eigenvalue weighted by atomic mass is 35.5. The molecule has 0 unspecified atom stereocenters. The van der Waals surface area contributed by atoms with E-state index in [9.17, 15) is 22.8 Å². The van der Waals surface area contributed by atoms with Crippen molar-refractivity contribution in [2.75, 3.05) is 19.6 Å². The minimum absolute atomic E-state index is 0. The first-order valence-corrected chi connectivity index (χ1v) is 8.61. The molecule has 9 heteroatoms. The maximum Gasteiger partial charge on any atom is 0.416 e.